The second-order valence-corrected chi connectivity index (χ2v) is 13.7. The zero-order valence-electron chi connectivity index (χ0n) is 26.0. The second-order valence-electron chi connectivity index (χ2n) is 13.7. The lowest BCUT2D eigenvalue weighted by Crippen LogP contribution is -2.57. The summed E-state index contributed by atoms with van der Waals surface area (Å²) in [4.78, 5) is 46.7. The Bertz CT molecular complexity index is 1370. The third-order valence-corrected chi connectivity index (χ3v) is 9.38. The van der Waals surface area contributed by atoms with E-state index in [-0.39, 0.29) is 24.2 Å². The monoisotopic (exact) mass is 579 g/mol. The van der Waals surface area contributed by atoms with E-state index < -0.39 is 35.3 Å². The molecule has 5 rings (SSSR count). The maximum Gasteiger partial charge on any atom is 0.408 e. The summed E-state index contributed by atoms with van der Waals surface area (Å²) < 4.78 is 17.9. The van der Waals surface area contributed by atoms with Crippen LogP contribution in [0.5, 0.6) is 11.6 Å². The lowest BCUT2D eigenvalue weighted by atomic mass is 9.85. The van der Waals surface area contributed by atoms with Gasteiger partial charge in [0, 0.05) is 28.9 Å². The Hall–Kier alpha value is -3.36. The molecule has 1 aromatic heterocycles. The molecule has 2 fully saturated rings. The van der Waals surface area contributed by atoms with Crippen molar-refractivity contribution in [1.29, 1.82) is 0 Å². The van der Waals surface area contributed by atoms with Crippen LogP contribution in [0.3, 0.4) is 0 Å². The fourth-order valence-corrected chi connectivity index (χ4v) is 6.67. The van der Waals surface area contributed by atoms with Crippen molar-refractivity contribution in [3.63, 3.8) is 0 Å². The largest absolute Gasteiger partial charge is 0.497 e. The number of aromatic nitrogens is 1. The minimum absolute atomic E-state index is 0.118. The van der Waals surface area contributed by atoms with Gasteiger partial charge in [0.05, 0.1) is 25.2 Å². The van der Waals surface area contributed by atoms with Gasteiger partial charge in [0.1, 0.15) is 23.5 Å². The number of alkyl carbamates (subject to hydrolysis) is 1. The number of pyridine rings is 1. The highest BCUT2D eigenvalue weighted by molar-refractivity contribution is 5.92. The van der Waals surface area contributed by atoms with Gasteiger partial charge < -0.3 is 24.4 Å². The van der Waals surface area contributed by atoms with E-state index in [4.69, 9.17) is 19.2 Å². The Labute approximate surface area is 248 Å². The van der Waals surface area contributed by atoms with Crippen molar-refractivity contribution in [2.45, 2.75) is 104 Å². The summed E-state index contributed by atoms with van der Waals surface area (Å²) in [5, 5.41) is 3.88. The molecule has 2 aromatic rings. The number of nitrogens with one attached hydrogen (secondary N) is 1. The molecule has 1 aromatic carbocycles. The van der Waals surface area contributed by atoms with Crippen LogP contribution in [0, 0.1) is 17.3 Å². The minimum Gasteiger partial charge on any atom is -0.497 e. The van der Waals surface area contributed by atoms with Crippen LogP contribution in [0.15, 0.2) is 24.3 Å². The third kappa shape index (κ3) is 6.06. The second kappa shape index (κ2) is 11.4. The molecule has 1 N–H and O–H groups in total. The number of methoxy groups -OCH3 is 1. The van der Waals surface area contributed by atoms with Crippen molar-refractivity contribution >= 4 is 28.7 Å². The molecular weight excluding hydrogens is 534 g/mol. The highest BCUT2D eigenvalue weighted by Crippen LogP contribution is 2.49. The van der Waals surface area contributed by atoms with Crippen molar-refractivity contribution in [3.05, 3.63) is 29.8 Å². The summed E-state index contributed by atoms with van der Waals surface area (Å²) in [5.41, 5.74) is 0.654. The first-order chi connectivity index (χ1) is 19.8. The molecule has 2 bridgehead atoms. The van der Waals surface area contributed by atoms with Crippen LogP contribution in [0.4, 0.5) is 4.79 Å². The zero-order chi connectivity index (χ0) is 30.4. The van der Waals surface area contributed by atoms with Crippen molar-refractivity contribution in [2.75, 3.05) is 13.7 Å². The molecule has 9 nitrogen and oxygen atoms in total. The summed E-state index contributed by atoms with van der Waals surface area (Å²) in [7, 11) is 1.63. The SMILES string of the molecule is COc1ccc2cc3c(nc2c1)O[C@H]1CN(C(=O)[C@H](C(C)(C)C)NC(=O)O[C@]2(C)C[C@H]2CCCCC3)[C@H](C(C)=O)[C@@H]1C. The Morgan fingerprint density at radius 1 is 1.17 bits per heavy atom. The molecule has 2 amide bonds. The molecular formula is C33H45N3O6. The minimum atomic E-state index is -0.876. The Kier molecular flexibility index (Phi) is 8.16. The first kappa shape index (κ1) is 30.1. The van der Waals surface area contributed by atoms with Crippen LogP contribution in [-0.2, 0) is 20.7 Å². The normalized spacial score (nSPS) is 30.6. The van der Waals surface area contributed by atoms with E-state index in [1.54, 1.807) is 12.0 Å². The summed E-state index contributed by atoms with van der Waals surface area (Å²) >= 11 is 0. The van der Waals surface area contributed by atoms with Gasteiger partial charge in [0.25, 0.3) is 0 Å². The van der Waals surface area contributed by atoms with Gasteiger partial charge in [-0.1, -0.05) is 40.5 Å². The van der Waals surface area contributed by atoms with Crippen LogP contribution in [0.2, 0.25) is 0 Å². The number of carbonyl (C=O) groups is 3. The van der Waals surface area contributed by atoms with Crippen molar-refractivity contribution in [3.8, 4) is 11.6 Å². The van der Waals surface area contributed by atoms with Gasteiger partial charge in [-0.05, 0) is 63.1 Å². The van der Waals surface area contributed by atoms with Crippen LogP contribution < -0.4 is 14.8 Å². The number of hydrogen-bond acceptors (Lipinski definition) is 7. The van der Waals surface area contributed by atoms with E-state index >= 15 is 0 Å². The predicted octanol–water partition coefficient (Wildman–Crippen LogP) is 5.46. The highest BCUT2D eigenvalue weighted by atomic mass is 16.6. The molecule has 0 radical (unpaired) electrons. The van der Waals surface area contributed by atoms with E-state index in [0.717, 1.165) is 55.0 Å². The molecule has 6 atom stereocenters. The Balaban J connectivity index is 1.52. The number of ether oxygens (including phenoxy) is 3. The zero-order valence-corrected chi connectivity index (χ0v) is 26.0. The average Bonchev–Trinajstić information content (AvgIpc) is 3.43. The highest BCUT2D eigenvalue weighted by Gasteiger charge is 2.54. The van der Waals surface area contributed by atoms with E-state index in [1.165, 1.54) is 6.92 Å². The molecule has 1 aliphatic carbocycles. The van der Waals surface area contributed by atoms with E-state index in [9.17, 15) is 14.4 Å². The van der Waals surface area contributed by atoms with Gasteiger partial charge >= 0.3 is 6.09 Å². The van der Waals surface area contributed by atoms with Gasteiger partial charge in [-0.3, -0.25) is 9.59 Å². The third-order valence-electron chi connectivity index (χ3n) is 9.38. The lowest BCUT2D eigenvalue weighted by Gasteiger charge is -2.35. The van der Waals surface area contributed by atoms with Gasteiger partial charge in [0.15, 0.2) is 5.78 Å². The number of amides is 2. The van der Waals surface area contributed by atoms with Gasteiger partial charge in [-0.25, -0.2) is 9.78 Å². The summed E-state index contributed by atoms with van der Waals surface area (Å²) in [5.74, 6) is 0.853. The van der Waals surface area contributed by atoms with E-state index in [2.05, 4.69) is 11.4 Å². The number of ketones is 1. The summed E-state index contributed by atoms with van der Waals surface area (Å²) in [6.45, 7) is 11.3. The summed E-state index contributed by atoms with van der Waals surface area (Å²) in [6, 6.07) is 6.41. The van der Waals surface area contributed by atoms with Crippen molar-refractivity contribution in [1.82, 2.24) is 15.2 Å². The van der Waals surface area contributed by atoms with Gasteiger partial charge in [-0.2, -0.15) is 0 Å². The number of aryl methyl sites for hydroxylation is 1. The number of fused-ring (bicyclic) bond motifs is 5. The topological polar surface area (TPSA) is 107 Å². The van der Waals surface area contributed by atoms with Crippen LogP contribution in [0.1, 0.15) is 79.2 Å². The quantitative estimate of drug-likeness (QED) is 0.503. The molecule has 1 saturated carbocycles. The van der Waals surface area contributed by atoms with Crippen LogP contribution in [-0.4, -0.2) is 65.1 Å². The molecule has 42 heavy (non-hydrogen) atoms. The maximum atomic E-state index is 14.1. The fraction of sp³-hybridized carbons (Fsp3) is 0.636. The lowest BCUT2D eigenvalue weighted by molar-refractivity contribution is -0.141. The molecule has 3 heterocycles. The average molecular weight is 580 g/mol. The molecule has 3 aliphatic rings. The number of hydrogen-bond donors (Lipinski definition) is 1. The van der Waals surface area contributed by atoms with Crippen molar-refractivity contribution < 1.29 is 28.6 Å². The van der Waals surface area contributed by atoms with Gasteiger partial charge in [0.2, 0.25) is 11.8 Å². The summed E-state index contributed by atoms with van der Waals surface area (Å²) in [6.07, 6.45) is 4.62. The molecule has 1 saturated heterocycles. The van der Waals surface area contributed by atoms with E-state index in [0.29, 0.717) is 17.5 Å². The predicted molar refractivity (Wildman–Crippen MR) is 160 cm³/mol. The molecule has 2 aliphatic heterocycles. The first-order valence-electron chi connectivity index (χ1n) is 15.3. The van der Waals surface area contributed by atoms with Crippen molar-refractivity contribution in [2.24, 2.45) is 17.3 Å². The number of rotatable bonds is 2. The number of nitrogens with zero attached hydrogens (tertiary/aromatic N) is 2. The number of benzene rings is 1. The molecule has 0 spiro atoms. The maximum absolute atomic E-state index is 14.1. The molecule has 228 valence electrons. The standard InChI is InChI=1S/C33H45N3O6/c1-19-26-18-36(27(19)20(2)37)30(38)28(32(3,4)5)35-31(39)42-33(6)17-23(33)12-10-8-9-11-22-15-21-13-14-24(40-7)16-25(21)34-29(22)41-26/h13-16,19,23,26-28H,8-12,17-18H2,1-7H3,(H,35,39)/t19-,23-,26+,27+,28-,33-/m1/s1. The number of Topliss-reactive ketones (excluding diaryl/α,β-unsaturated/α-hetero) is 1. The smallest absolute Gasteiger partial charge is 0.408 e. The Morgan fingerprint density at radius 2 is 1.93 bits per heavy atom. The first-order valence-corrected chi connectivity index (χ1v) is 15.3. The van der Waals surface area contributed by atoms with Crippen LogP contribution in [0.25, 0.3) is 10.9 Å². The Morgan fingerprint density at radius 3 is 2.62 bits per heavy atom. The fourth-order valence-electron chi connectivity index (χ4n) is 6.67. The number of carbonyl (C=O) groups excluding carboxylic acids is 3. The molecule has 0 unspecified atom stereocenters. The van der Waals surface area contributed by atoms with Crippen LogP contribution >= 0.6 is 0 Å². The van der Waals surface area contributed by atoms with E-state index in [1.807, 2.05) is 52.8 Å². The van der Waals surface area contributed by atoms with Gasteiger partial charge in [-0.15, -0.1) is 0 Å². The molecule has 9 heteroatoms.